The number of benzene rings is 1. The summed E-state index contributed by atoms with van der Waals surface area (Å²) in [5.74, 6) is 0. The van der Waals surface area contributed by atoms with Crippen LogP contribution in [0, 0.1) is 0 Å². The number of halogens is 2. The lowest BCUT2D eigenvalue weighted by molar-refractivity contribution is 1.11. The molecule has 2 heterocycles. The van der Waals surface area contributed by atoms with Crippen LogP contribution in [-0.4, -0.2) is 9.97 Å². The Balaban J connectivity index is 2.10. The molecule has 0 radical (unpaired) electrons. The number of aromatic nitrogens is 2. The van der Waals surface area contributed by atoms with Gasteiger partial charge in [0.25, 0.3) is 0 Å². The van der Waals surface area contributed by atoms with Crippen molar-refractivity contribution in [2.45, 2.75) is 9.92 Å². The van der Waals surface area contributed by atoms with Gasteiger partial charge in [-0.15, -0.1) is 11.3 Å². The fraction of sp³-hybridized carbons (Fsp3) is 0. The average Bonchev–Trinajstić information content (AvgIpc) is 2.80. The van der Waals surface area contributed by atoms with E-state index in [0.717, 1.165) is 24.6 Å². The lowest BCUT2D eigenvalue weighted by Crippen LogP contribution is -1.86. The molecule has 0 unspecified atom stereocenters. The van der Waals surface area contributed by atoms with Crippen molar-refractivity contribution in [2.75, 3.05) is 0 Å². The number of thiophene rings is 1. The van der Waals surface area contributed by atoms with Gasteiger partial charge >= 0.3 is 0 Å². The van der Waals surface area contributed by atoms with Crippen LogP contribution < -0.4 is 0 Å². The van der Waals surface area contributed by atoms with Crippen molar-refractivity contribution in [1.29, 1.82) is 0 Å². The molecule has 0 aliphatic carbocycles. The minimum atomic E-state index is 0.291. The second-order valence-corrected chi connectivity index (χ2v) is 6.59. The minimum Gasteiger partial charge on any atom is -0.210 e. The van der Waals surface area contributed by atoms with E-state index in [-0.39, 0.29) is 0 Å². The number of fused-ring (bicyclic) bond motifs is 1. The summed E-state index contributed by atoms with van der Waals surface area (Å²) < 4.78 is 1.05. The second kappa shape index (κ2) is 5.17. The highest BCUT2D eigenvalue weighted by Gasteiger charge is 2.10. The van der Waals surface area contributed by atoms with E-state index in [1.165, 1.54) is 0 Å². The first-order valence-corrected chi connectivity index (χ1v) is 7.94. The first kappa shape index (κ1) is 12.4. The summed E-state index contributed by atoms with van der Waals surface area (Å²) in [5.41, 5.74) is 0. The molecule has 0 aliphatic heterocycles. The van der Waals surface area contributed by atoms with Gasteiger partial charge in [0.1, 0.15) is 9.86 Å². The SMILES string of the molecule is Clc1nc(Sc2ccccc2Br)c2ccsc2n1. The Morgan fingerprint density at radius 3 is 2.83 bits per heavy atom. The molecule has 0 aliphatic rings. The van der Waals surface area contributed by atoms with Crippen LogP contribution in [0.3, 0.4) is 0 Å². The molecular weight excluding hydrogens is 352 g/mol. The topological polar surface area (TPSA) is 25.8 Å². The molecule has 0 saturated heterocycles. The Hall–Kier alpha value is -0.620. The van der Waals surface area contributed by atoms with Gasteiger partial charge in [-0.1, -0.05) is 23.9 Å². The van der Waals surface area contributed by atoms with Crippen LogP contribution in [0.2, 0.25) is 5.28 Å². The predicted octanol–water partition coefficient (Wildman–Crippen LogP) is 5.26. The summed E-state index contributed by atoms with van der Waals surface area (Å²) in [6.45, 7) is 0. The third-order valence-corrected chi connectivity index (χ3v) is 5.32. The second-order valence-electron chi connectivity index (χ2n) is 3.47. The van der Waals surface area contributed by atoms with Crippen molar-refractivity contribution in [3.8, 4) is 0 Å². The maximum Gasteiger partial charge on any atom is 0.224 e. The molecule has 0 amide bonds. The molecule has 3 rings (SSSR count). The van der Waals surface area contributed by atoms with Crippen LogP contribution in [0.4, 0.5) is 0 Å². The van der Waals surface area contributed by atoms with E-state index in [4.69, 9.17) is 11.6 Å². The van der Waals surface area contributed by atoms with E-state index >= 15 is 0 Å². The van der Waals surface area contributed by atoms with Gasteiger partial charge in [0.2, 0.25) is 5.28 Å². The van der Waals surface area contributed by atoms with Gasteiger partial charge in [-0.3, -0.25) is 0 Å². The third kappa shape index (κ3) is 2.40. The van der Waals surface area contributed by atoms with Gasteiger partial charge < -0.3 is 0 Å². The Labute approximate surface area is 126 Å². The molecular formula is C12H6BrClN2S2. The Morgan fingerprint density at radius 1 is 1.17 bits per heavy atom. The lowest BCUT2D eigenvalue weighted by atomic mass is 10.4. The number of hydrogen-bond acceptors (Lipinski definition) is 4. The van der Waals surface area contributed by atoms with Gasteiger partial charge in [0.15, 0.2) is 0 Å². The lowest BCUT2D eigenvalue weighted by Gasteiger charge is -2.04. The van der Waals surface area contributed by atoms with Crippen LogP contribution in [0.1, 0.15) is 0 Å². The van der Waals surface area contributed by atoms with Gasteiger partial charge in [0.05, 0.1) is 0 Å². The van der Waals surface area contributed by atoms with E-state index in [1.54, 1.807) is 23.1 Å². The largest absolute Gasteiger partial charge is 0.224 e. The highest BCUT2D eigenvalue weighted by atomic mass is 79.9. The molecule has 0 atom stereocenters. The average molecular weight is 358 g/mol. The van der Waals surface area contributed by atoms with E-state index < -0.39 is 0 Å². The third-order valence-electron chi connectivity index (χ3n) is 2.31. The normalized spacial score (nSPS) is 11.0. The monoisotopic (exact) mass is 356 g/mol. The fourth-order valence-corrected chi connectivity index (χ4v) is 4.07. The molecule has 0 fully saturated rings. The quantitative estimate of drug-likeness (QED) is 0.462. The van der Waals surface area contributed by atoms with Gasteiger partial charge in [-0.2, -0.15) is 0 Å². The molecule has 1 aromatic carbocycles. The summed E-state index contributed by atoms with van der Waals surface area (Å²) >= 11 is 12.6. The van der Waals surface area contributed by atoms with Gasteiger partial charge in [0, 0.05) is 14.8 Å². The van der Waals surface area contributed by atoms with E-state index in [0.29, 0.717) is 5.28 Å². The first-order chi connectivity index (χ1) is 8.74. The number of rotatable bonds is 2. The first-order valence-electron chi connectivity index (χ1n) is 5.07. The highest BCUT2D eigenvalue weighted by molar-refractivity contribution is 9.10. The van der Waals surface area contributed by atoms with Crippen molar-refractivity contribution in [3.63, 3.8) is 0 Å². The van der Waals surface area contributed by atoms with Crippen molar-refractivity contribution < 1.29 is 0 Å². The van der Waals surface area contributed by atoms with Crippen molar-refractivity contribution >= 4 is 60.8 Å². The van der Waals surface area contributed by atoms with Crippen LogP contribution in [0.5, 0.6) is 0 Å². The summed E-state index contributed by atoms with van der Waals surface area (Å²) in [5, 5.41) is 4.22. The number of hydrogen-bond donors (Lipinski definition) is 0. The maximum absolute atomic E-state index is 5.95. The molecule has 90 valence electrons. The summed E-state index contributed by atoms with van der Waals surface area (Å²) in [6.07, 6.45) is 0. The molecule has 0 N–H and O–H groups in total. The van der Waals surface area contributed by atoms with Crippen molar-refractivity contribution in [1.82, 2.24) is 9.97 Å². The molecule has 0 spiro atoms. The Kier molecular flexibility index (Phi) is 3.56. The zero-order valence-corrected chi connectivity index (χ0v) is 12.9. The molecule has 3 aromatic rings. The van der Waals surface area contributed by atoms with Crippen molar-refractivity contribution in [3.05, 3.63) is 45.5 Å². The molecule has 2 aromatic heterocycles. The smallest absolute Gasteiger partial charge is 0.210 e. The molecule has 0 saturated carbocycles. The van der Waals surface area contributed by atoms with E-state index in [1.807, 2.05) is 35.7 Å². The zero-order chi connectivity index (χ0) is 12.5. The summed E-state index contributed by atoms with van der Waals surface area (Å²) in [4.78, 5) is 10.6. The minimum absolute atomic E-state index is 0.291. The highest BCUT2D eigenvalue weighted by Crippen LogP contribution is 2.37. The summed E-state index contributed by atoms with van der Waals surface area (Å²) in [6, 6.07) is 10.1. The zero-order valence-electron chi connectivity index (χ0n) is 8.93. The van der Waals surface area contributed by atoms with Gasteiger partial charge in [-0.05, 0) is 51.1 Å². The predicted molar refractivity (Wildman–Crippen MR) is 80.7 cm³/mol. The molecule has 6 heteroatoms. The van der Waals surface area contributed by atoms with Gasteiger partial charge in [-0.25, -0.2) is 9.97 Å². The maximum atomic E-state index is 5.95. The molecule has 18 heavy (non-hydrogen) atoms. The summed E-state index contributed by atoms with van der Waals surface area (Å²) in [7, 11) is 0. The van der Waals surface area contributed by atoms with Crippen LogP contribution in [0.25, 0.3) is 10.2 Å². The molecule has 2 nitrogen and oxygen atoms in total. The molecule has 0 bridgehead atoms. The standard InChI is InChI=1S/C12H6BrClN2S2/c13-8-3-1-2-4-9(8)18-11-7-5-6-17-10(7)15-12(14)16-11/h1-6H. The van der Waals surface area contributed by atoms with E-state index in [9.17, 15) is 0 Å². The van der Waals surface area contributed by atoms with Crippen LogP contribution >= 0.6 is 50.6 Å². The van der Waals surface area contributed by atoms with Crippen LogP contribution in [-0.2, 0) is 0 Å². The van der Waals surface area contributed by atoms with Crippen molar-refractivity contribution in [2.24, 2.45) is 0 Å². The fourth-order valence-electron chi connectivity index (χ4n) is 1.51. The Morgan fingerprint density at radius 2 is 2.00 bits per heavy atom. The van der Waals surface area contributed by atoms with E-state index in [2.05, 4.69) is 25.9 Å². The number of nitrogens with zero attached hydrogens (tertiary/aromatic N) is 2. The Bertz CT molecular complexity index is 714. The van der Waals surface area contributed by atoms with Crippen LogP contribution in [0.15, 0.2) is 50.1 Å².